The predicted octanol–water partition coefficient (Wildman–Crippen LogP) is 4.12. The number of anilines is 1. The van der Waals surface area contributed by atoms with Crippen LogP contribution < -0.4 is 4.90 Å². The first-order valence-electron chi connectivity index (χ1n) is 9.75. The number of piperidine rings is 2. The van der Waals surface area contributed by atoms with E-state index in [4.69, 9.17) is 0 Å². The van der Waals surface area contributed by atoms with Gasteiger partial charge in [-0.1, -0.05) is 6.42 Å². The first-order chi connectivity index (χ1) is 11.7. The summed E-state index contributed by atoms with van der Waals surface area (Å²) >= 11 is 0. The maximum Gasteiger partial charge on any atom is 0.159 e. The van der Waals surface area contributed by atoms with Gasteiger partial charge in [-0.15, -0.1) is 0 Å². The third kappa shape index (κ3) is 3.11. The molecule has 1 aromatic carbocycles. The molecule has 0 amide bonds. The lowest BCUT2D eigenvalue weighted by atomic mass is 9.70. The van der Waals surface area contributed by atoms with Crippen LogP contribution in [0.4, 0.5) is 5.69 Å². The highest BCUT2D eigenvalue weighted by Crippen LogP contribution is 2.43. The number of nitrogens with zero attached hydrogens (tertiary/aromatic N) is 2. The Balaban J connectivity index is 1.32. The predicted molar refractivity (Wildman–Crippen MR) is 98.8 cm³/mol. The quantitative estimate of drug-likeness (QED) is 0.781. The summed E-state index contributed by atoms with van der Waals surface area (Å²) in [6.07, 6.45) is 9.80. The number of ketones is 1. The van der Waals surface area contributed by atoms with Crippen LogP contribution in [0.25, 0.3) is 0 Å². The minimum absolute atomic E-state index is 0.150. The minimum Gasteiger partial charge on any atom is -0.371 e. The average Bonchev–Trinajstić information content (AvgIpc) is 2.56. The van der Waals surface area contributed by atoms with Crippen molar-refractivity contribution in [3.8, 4) is 0 Å². The van der Waals surface area contributed by atoms with E-state index in [-0.39, 0.29) is 5.78 Å². The molecule has 1 aromatic rings. The van der Waals surface area contributed by atoms with Crippen molar-refractivity contribution < 1.29 is 4.79 Å². The van der Waals surface area contributed by atoms with Gasteiger partial charge in [-0.25, -0.2) is 0 Å². The SMILES string of the molecule is CC(=O)c1ccc(N2CCC3(CC2)CCN(C2CCC2)CC3)cc1. The molecule has 1 aliphatic carbocycles. The molecule has 3 fully saturated rings. The van der Waals surface area contributed by atoms with Crippen molar-refractivity contribution in [2.24, 2.45) is 5.41 Å². The molecule has 2 saturated heterocycles. The van der Waals surface area contributed by atoms with Crippen LogP contribution in [-0.2, 0) is 0 Å². The molecule has 0 unspecified atom stereocenters. The van der Waals surface area contributed by atoms with Crippen LogP contribution in [0, 0.1) is 5.41 Å². The van der Waals surface area contributed by atoms with E-state index < -0.39 is 0 Å². The molecule has 130 valence electrons. The second-order valence-corrected chi connectivity index (χ2v) is 8.21. The van der Waals surface area contributed by atoms with E-state index in [1.807, 2.05) is 12.1 Å². The van der Waals surface area contributed by atoms with Gasteiger partial charge in [-0.3, -0.25) is 4.79 Å². The fourth-order valence-corrected chi connectivity index (χ4v) is 4.76. The van der Waals surface area contributed by atoms with Crippen molar-refractivity contribution in [2.75, 3.05) is 31.1 Å². The summed E-state index contributed by atoms with van der Waals surface area (Å²) in [6, 6.07) is 9.10. The maximum atomic E-state index is 11.4. The van der Waals surface area contributed by atoms with Crippen LogP contribution in [0.2, 0.25) is 0 Å². The number of hydrogen-bond donors (Lipinski definition) is 0. The van der Waals surface area contributed by atoms with E-state index >= 15 is 0 Å². The number of carbonyl (C=O) groups excluding carboxylic acids is 1. The fraction of sp³-hybridized carbons (Fsp3) is 0.667. The number of rotatable bonds is 3. The summed E-state index contributed by atoms with van der Waals surface area (Å²) in [5.41, 5.74) is 2.70. The highest BCUT2D eigenvalue weighted by molar-refractivity contribution is 5.94. The molecule has 0 aromatic heterocycles. The summed E-state index contributed by atoms with van der Waals surface area (Å²) in [4.78, 5) is 16.7. The Morgan fingerprint density at radius 2 is 1.54 bits per heavy atom. The fourth-order valence-electron chi connectivity index (χ4n) is 4.76. The molecule has 24 heavy (non-hydrogen) atoms. The topological polar surface area (TPSA) is 23.6 Å². The van der Waals surface area contributed by atoms with E-state index in [1.165, 1.54) is 76.8 Å². The molecule has 2 heterocycles. The number of hydrogen-bond acceptors (Lipinski definition) is 3. The van der Waals surface area contributed by atoms with Gasteiger partial charge in [0.15, 0.2) is 5.78 Å². The maximum absolute atomic E-state index is 11.4. The summed E-state index contributed by atoms with van der Waals surface area (Å²) < 4.78 is 0. The number of likely N-dealkylation sites (tertiary alicyclic amines) is 1. The zero-order valence-electron chi connectivity index (χ0n) is 15.0. The Labute approximate surface area is 146 Å². The first-order valence-corrected chi connectivity index (χ1v) is 9.75. The van der Waals surface area contributed by atoms with E-state index in [9.17, 15) is 4.79 Å². The summed E-state index contributed by atoms with van der Waals surface area (Å²) in [6.45, 7) is 6.64. The Kier molecular flexibility index (Phi) is 4.38. The molecular formula is C21H30N2O. The van der Waals surface area contributed by atoms with E-state index in [0.29, 0.717) is 5.41 Å². The van der Waals surface area contributed by atoms with E-state index in [2.05, 4.69) is 21.9 Å². The van der Waals surface area contributed by atoms with Crippen LogP contribution in [0.3, 0.4) is 0 Å². The lowest BCUT2D eigenvalue weighted by molar-refractivity contribution is 0.0306. The Hall–Kier alpha value is -1.35. The number of Topliss-reactive ketones (excluding diaryl/α,β-unsaturated/α-hetero) is 1. The molecule has 3 aliphatic rings. The van der Waals surface area contributed by atoms with Gasteiger partial charge >= 0.3 is 0 Å². The average molecular weight is 326 g/mol. The van der Waals surface area contributed by atoms with Gasteiger partial charge in [-0.05, 0) is 88.2 Å². The second kappa shape index (κ2) is 6.51. The minimum atomic E-state index is 0.150. The Bertz CT molecular complexity index is 572. The highest BCUT2D eigenvalue weighted by Gasteiger charge is 2.39. The highest BCUT2D eigenvalue weighted by atomic mass is 16.1. The lowest BCUT2D eigenvalue weighted by Crippen LogP contribution is -2.50. The Morgan fingerprint density at radius 3 is 2.04 bits per heavy atom. The first kappa shape index (κ1) is 16.1. The third-order valence-electron chi connectivity index (χ3n) is 6.91. The molecule has 0 bridgehead atoms. The van der Waals surface area contributed by atoms with Crippen molar-refractivity contribution in [2.45, 2.75) is 57.9 Å². The Morgan fingerprint density at radius 1 is 0.958 bits per heavy atom. The smallest absolute Gasteiger partial charge is 0.159 e. The van der Waals surface area contributed by atoms with Gasteiger partial charge in [0.05, 0.1) is 0 Å². The van der Waals surface area contributed by atoms with Crippen LogP contribution >= 0.6 is 0 Å². The summed E-state index contributed by atoms with van der Waals surface area (Å²) in [7, 11) is 0. The van der Waals surface area contributed by atoms with Crippen LogP contribution in [0.1, 0.15) is 62.2 Å². The molecule has 0 radical (unpaired) electrons. The van der Waals surface area contributed by atoms with Crippen molar-refractivity contribution in [1.29, 1.82) is 0 Å². The lowest BCUT2D eigenvalue weighted by Gasteiger charge is -2.50. The zero-order chi connectivity index (χ0) is 16.6. The molecule has 1 spiro atoms. The second-order valence-electron chi connectivity index (χ2n) is 8.21. The van der Waals surface area contributed by atoms with Gasteiger partial charge < -0.3 is 9.80 Å². The molecule has 0 atom stereocenters. The van der Waals surface area contributed by atoms with Crippen LogP contribution in [0.15, 0.2) is 24.3 Å². The summed E-state index contributed by atoms with van der Waals surface area (Å²) in [5, 5.41) is 0. The van der Waals surface area contributed by atoms with Crippen molar-refractivity contribution in [3.63, 3.8) is 0 Å². The number of benzene rings is 1. The van der Waals surface area contributed by atoms with Gasteiger partial charge in [0, 0.05) is 30.4 Å². The normalized spacial score (nSPS) is 24.8. The van der Waals surface area contributed by atoms with Gasteiger partial charge in [0.2, 0.25) is 0 Å². The van der Waals surface area contributed by atoms with Crippen LogP contribution in [-0.4, -0.2) is 42.9 Å². The monoisotopic (exact) mass is 326 g/mol. The molecule has 3 heteroatoms. The van der Waals surface area contributed by atoms with Gasteiger partial charge in [0.25, 0.3) is 0 Å². The van der Waals surface area contributed by atoms with E-state index in [0.717, 1.165) is 11.6 Å². The largest absolute Gasteiger partial charge is 0.371 e. The molecule has 2 aliphatic heterocycles. The summed E-state index contributed by atoms with van der Waals surface area (Å²) in [5.74, 6) is 0.150. The van der Waals surface area contributed by atoms with Gasteiger partial charge in [-0.2, -0.15) is 0 Å². The molecule has 3 nitrogen and oxygen atoms in total. The van der Waals surface area contributed by atoms with Crippen molar-refractivity contribution in [3.05, 3.63) is 29.8 Å². The molecular weight excluding hydrogens is 296 g/mol. The molecule has 4 rings (SSSR count). The van der Waals surface area contributed by atoms with Crippen molar-refractivity contribution in [1.82, 2.24) is 4.90 Å². The third-order valence-corrected chi connectivity index (χ3v) is 6.91. The van der Waals surface area contributed by atoms with Gasteiger partial charge in [0.1, 0.15) is 0 Å². The zero-order valence-corrected chi connectivity index (χ0v) is 15.0. The number of carbonyl (C=O) groups is 1. The van der Waals surface area contributed by atoms with E-state index in [1.54, 1.807) is 6.92 Å². The van der Waals surface area contributed by atoms with Crippen LogP contribution in [0.5, 0.6) is 0 Å². The van der Waals surface area contributed by atoms with Crippen molar-refractivity contribution >= 4 is 11.5 Å². The molecule has 0 N–H and O–H groups in total. The standard InChI is InChI=1S/C21H30N2O/c1-17(24)18-5-7-20(8-6-18)23-15-11-21(12-16-23)9-13-22(14-10-21)19-3-2-4-19/h5-8,19H,2-4,9-16H2,1H3. The molecule has 1 saturated carbocycles.